The van der Waals surface area contributed by atoms with Gasteiger partial charge in [-0.25, -0.2) is 0 Å². The second kappa shape index (κ2) is 6.22. The number of hydrogen-bond donors (Lipinski definition) is 1. The van der Waals surface area contributed by atoms with Crippen LogP contribution in [0.1, 0.15) is 11.1 Å². The number of rotatable bonds is 3. The first-order valence-electron chi connectivity index (χ1n) is 7.12. The molecule has 0 atom stereocenters. The number of aryl methyl sites for hydroxylation is 1. The predicted octanol–water partition coefficient (Wildman–Crippen LogP) is 4.20. The summed E-state index contributed by atoms with van der Waals surface area (Å²) in [6, 6.07) is 17.6. The molecule has 3 heteroatoms. The Bertz CT molecular complexity index is 830. The molecular formula is C19H16N2O. The largest absolute Gasteiger partial charge is 0.321 e. The van der Waals surface area contributed by atoms with Crippen LogP contribution in [0.15, 0.2) is 66.9 Å². The maximum atomic E-state index is 12.1. The van der Waals surface area contributed by atoms with Crippen LogP contribution in [0.2, 0.25) is 0 Å². The summed E-state index contributed by atoms with van der Waals surface area (Å²) >= 11 is 0. The number of amides is 1. The first-order valence-corrected chi connectivity index (χ1v) is 7.12. The Morgan fingerprint density at radius 3 is 2.64 bits per heavy atom. The van der Waals surface area contributed by atoms with Crippen LogP contribution in [0.25, 0.3) is 17.0 Å². The van der Waals surface area contributed by atoms with Gasteiger partial charge in [-0.1, -0.05) is 48.0 Å². The molecule has 1 amide bonds. The van der Waals surface area contributed by atoms with Crippen LogP contribution in [-0.4, -0.2) is 10.9 Å². The number of carbonyl (C=O) groups excluding carboxylic acids is 1. The van der Waals surface area contributed by atoms with E-state index in [1.54, 1.807) is 12.3 Å². The van der Waals surface area contributed by atoms with Crippen LogP contribution in [0.3, 0.4) is 0 Å². The van der Waals surface area contributed by atoms with E-state index in [2.05, 4.69) is 10.3 Å². The van der Waals surface area contributed by atoms with E-state index in [1.807, 2.05) is 61.5 Å². The van der Waals surface area contributed by atoms with Gasteiger partial charge in [0.05, 0.1) is 11.2 Å². The van der Waals surface area contributed by atoms with Crippen molar-refractivity contribution in [3.05, 3.63) is 78.0 Å². The van der Waals surface area contributed by atoms with Crippen LogP contribution in [-0.2, 0) is 4.79 Å². The van der Waals surface area contributed by atoms with Crippen LogP contribution >= 0.6 is 0 Å². The number of fused-ring (bicyclic) bond motifs is 1. The van der Waals surface area contributed by atoms with Gasteiger partial charge in [-0.3, -0.25) is 9.78 Å². The molecule has 0 saturated carbocycles. The highest BCUT2D eigenvalue weighted by atomic mass is 16.1. The van der Waals surface area contributed by atoms with E-state index in [-0.39, 0.29) is 5.91 Å². The predicted molar refractivity (Wildman–Crippen MR) is 90.6 cm³/mol. The summed E-state index contributed by atoms with van der Waals surface area (Å²) < 4.78 is 0. The average molecular weight is 288 g/mol. The van der Waals surface area contributed by atoms with Gasteiger partial charge in [-0.2, -0.15) is 0 Å². The van der Waals surface area contributed by atoms with Gasteiger partial charge in [0.25, 0.3) is 0 Å². The van der Waals surface area contributed by atoms with Gasteiger partial charge in [-0.15, -0.1) is 0 Å². The lowest BCUT2D eigenvalue weighted by molar-refractivity contribution is -0.111. The molecule has 0 unspecified atom stereocenters. The zero-order chi connectivity index (χ0) is 15.4. The number of carbonyl (C=O) groups is 1. The molecule has 3 nitrogen and oxygen atoms in total. The summed E-state index contributed by atoms with van der Waals surface area (Å²) in [4.78, 5) is 16.4. The van der Waals surface area contributed by atoms with E-state index in [9.17, 15) is 4.79 Å². The zero-order valence-electron chi connectivity index (χ0n) is 12.3. The molecule has 1 heterocycles. The van der Waals surface area contributed by atoms with Gasteiger partial charge < -0.3 is 5.32 Å². The van der Waals surface area contributed by atoms with Gasteiger partial charge in [0, 0.05) is 17.7 Å². The molecule has 0 aliphatic rings. The third-order valence-corrected chi connectivity index (χ3v) is 3.40. The summed E-state index contributed by atoms with van der Waals surface area (Å²) in [6.45, 7) is 2.04. The second-order valence-corrected chi connectivity index (χ2v) is 5.11. The zero-order valence-corrected chi connectivity index (χ0v) is 12.3. The number of pyridine rings is 1. The molecule has 108 valence electrons. The molecular weight excluding hydrogens is 272 g/mol. The minimum atomic E-state index is -0.168. The number of benzene rings is 2. The highest BCUT2D eigenvalue weighted by Crippen LogP contribution is 2.20. The van der Waals surface area contributed by atoms with E-state index < -0.39 is 0 Å². The van der Waals surface area contributed by atoms with Gasteiger partial charge in [-0.05, 0) is 30.7 Å². The lowest BCUT2D eigenvalue weighted by atomic mass is 10.1. The highest BCUT2D eigenvalue weighted by Gasteiger charge is 2.03. The fourth-order valence-corrected chi connectivity index (χ4v) is 2.23. The maximum absolute atomic E-state index is 12.1. The fraction of sp³-hybridized carbons (Fsp3) is 0.0526. The third kappa shape index (κ3) is 3.20. The van der Waals surface area contributed by atoms with Crippen molar-refractivity contribution >= 4 is 28.6 Å². The van der Waals surface area contributed by atoms with Crippen LogP contribution in [0, 0.1) is 6.92 Å². The number of anilines is 1. The molecule has 0 fully saturated rings. The van der Waals surface area contributed by atoms with E-state index in [1.165, 1.54) is 11.6 Å². The van der Waals surface area contributed by atoms with E-state index in [0.717, 1.165) is 22.2 Å². The molecule has 0 radical (unpaired) electrons. The van der Waals surface area contributed by atoms with Gasteiger partial charge in [0.15, 0.2) is 0 Å². The fourth-order valence-electron chi connectivity index (χ4n) is 2.23. The Hall–Kier alpha value is -2.94. The lowest BCUT2D eigenvalue weighted by Crippen LogP contribution is -2.08. The van der Waals surface area contributed by atoms with Crippen LogP contribution < -0.4 is 5.32 Å². The number of nitrogens with zero attached hydrogens (tertiary/aromatic N) is 1. The molecule has 2 aromatic carbocycles. The number of para-hydroxylation sites is 1. The Labute approximate surface area is 129 Å². The molecule has 1 aromatic heterocycles. The second-order valence-electron chi connectivity index (χ2n) is 5.11. The Morgan fingerprint density at radius 2 is 1.82 bits per heavy atom. The third-order valence-electron chi connectivity index (χ3n) is 3.40. The number of hydrogen-bond acceptors (Lipinski definition) is 2. The van der Waals surface area contributed by atoms with E-state index in [0.29, 0.717) is 0 Å². The minimum Gasteiger partial charge on any atom is -0.321 e. The summed E-state index contributed by atoms with van der Waals surface area (Å²) in [6.07, 6.45) is 5.06. The van der Waals surface area contributed by atoms with Crippen molar-refractivity contribution in [1.29, 1.82) is 0 Å². The molecule has 0 saturated heterocycles. The first kappa shape index (κ1) is 14.0. The van der Waals surface area contributed by atoms with Gasteiger partial charge in [0.2, 0.25) is 5.91 Å². The normalized spacial score (nSPS) is 11.0. The van der Waals surface area contributed by atoms with Crippen LogP contribution in [0.4, 0.5) is 5.69 Å². The smallest absolute Gasteiger partial charge is 0.248 e. The SMILES string of the molecule is Cc1ccc(/C=C\C(=O)Nc2cccc3cccnc23)cc1. The monoisotopic (exact) mass is 288 g/mol. The molecule has 22 heavy (non-hydrogen) atoms. The first-order chi connectivity index (χ1) is 10.7. The minimum absolute atomic E-state index is 0.168. The van der Waals surface area contributed by atoms with Crippen molar-refractivity contribution in [2.24, 2.45) is 0 Å². The van der Waals surface area contributed by atoms with E-state index >= 15 is 0 Å². The standard InChI is InChI=1S/C19H16N2O/c1-14-7-9-15(10-8-14)11-12-18(22)21-17-6-2-4-16-5-3-13-20-19(16)17/h2-13H,1H3,(H,21,22)/b12-11-. The highest BCUT2D eigenvalue weighted by molar-refractivity contribution is 6.06. The molecule has 0 aliphatic heterocycles. The van der Waals surface area contributed by atoms with Crippen molar-refractivity contribution in [3.63, 3.8) is 0 Å². The summed E-state index contributed by atoms with van der Waals surface area (Å²) in [5.41, 5.74) is 3.71. The lowest BCUT2D eigenvalue weighted by Gasteiger charge is -2.05. The summed E-state index contributed by atoms with van der Waals surface area (Å²) in [5, 5.41) is 3.88. The number of aromatic nitrogens is 1. The van der Waals surface area contributed by atoms with Gasteiger partial charge in [0.1, 0.15) is 0 Å². The molecule has 1 N–H and O–H groups in total. The van der Waals surface area contributed by atoms with Crippen molar-refractivity contribution in [2.45, 2.75) is 6.92 Å². The topological polar surface area (TPSA) is 42.0 Å². The van der Waals surface area contributed by atoms with Crippen LogP contribution in [0.5, 0.6) is 0 Å². The summed E-state index contributed by atoms with van der Waals surface area (Å²) in [5.74, 6) is -0.168. The molecule has 3 rings (SSSR count). The Kier molecular flexibility index (Phi) is 3.97. The quantitative estimate of drug-likeness (QED) is 0.734. The van der Waals surface area contributed by atoms with Crippen molar-refractivity contribution in [3.8, 4) is 0 Å². The van der Waals surface area contributed by atoms with Crippen molar-refractivity contribution in [2.75, 3.05) is 5.32 Å². The van der Waals surface area contributed by atoms with Crippen molar-refractivity contribution in [1.82, 2.24) is 4.98 Å². The Balaban J connectivity index is 1.77. The maximum Gasteiger partial charge on any atom is 0.248 e. The number of nitrogens with one attached hydrogen (secondary N) is 1. The molecule has 3 aromatic rings. The van der Waals surface area contributed by atoms with Crippen molar-refractivity contribution < 1.29 is 4.79 Å². The Morgan fingerprint density at radius 1 is 1.05 bits per heavy atom. The molecule has 0 spiro atoms. The molecule has 0 aliphatic carbocycles. The average Bonchev–Trinajstić information content (AvgIpc) is 2.55. The van der Waals surface area contributed by atoms with Gasteiger partial charge >= 0.3 is 0 Å². The summed E-state index contributed by atoms with van der Waals surface area (Å²) in [7, 11) is 0. The van der Waals surface area contributed by atoms with E-state index in [4.69, 9.17) is 0 Å². The molecule has 0 bridgehead atoms.